The smallest absolute Gasteiger partial charge is 0.340 e. The number of hydrazine groups is 1. The number of carbonyl (C=O) groups is 2. The Balaban J connectivity index is 1.46. The van der Waals surface area contributed by atoms with E-state index in [0.717, 1.165) is 12.3 Å². The van der Waals surface area contributed by atoms with E-state index >= 15 is 0 Å². The minimum absolute atomic E-state index is 0.0196. The van der Waals surface area contributed by atoms with Crippen LogP contribution in [0.15, 0.2) is 41.5 Å². The third kappa shape index (κ3) is 4.82. The van der Waals surface area contributed by atoms with Crippen molar-refractivity contribution in [3.63, 3.8) is 0 Å². The molecular weight excluding hydrogens is 578 g/mol. The molecule has 2 aliphatic rings. The molecule has 1 unspecified atom stereocenters. The number of rotatable bonds is 6. The molecular formula is C29H26F2N8O5. The van der Waals surface area contributed by atoms with Crippen LogP contribution in [0.2, 0.25) is 0 Å². The van der Waals surface area contributed by atoms with Crippen molar-refractivity contribution in [3.05, 3.63) is 92.0 Å². The predicted molar refractivity (Wildman–Crippen MR) is 154 cm³/mol. The fourth-order valence-corrected chi connectivity index (χ4v) is 5.44. The summed E-state index contributed by atoms with van der Waals surface area (Å²) in [5, 5.41) is 14.7. The van der Waals surface area contributed by atoms with Gasteiger partial charge >= 0.3 is 5.97 Å². The molecule has 0 aliphatic carbocycles. The molecule has 3 aromatic heterocycles. The van der Waals surface area contributed by atoms with Crippen molar-refractivity contribution < 1.29 is 28.2 Å². The summed E-state index contributed by atoms with van der Waals surface area (Å²) in [7, 11) is 0. The second-order valence-electron chi connectivity index (χ2n) is 10.5. The molecule has 226 valence electrons. The molecule has 5 heterocycles. The largest absolute Gasteiger partial charge is 0.458 e. The average Bonchev–Trinajstić information content (AvgIpc) is 3.35. The van der Waals surface area contributed by atoms with Gasteiger partial charge in [0.1, 0.15) is 24.1 Å². The van der Waals surface area contributed by atoms with Gasteiger partial charge in [0.05, 0.1) is 54.0 Å². The van der Waals surface area contributed by atoms with Gasteiger partial charge in [-0.2, -0.15) is 0 Å². The van der Waals surface area contributed by atoms with Gasteiger partial charge in [-0.1, -0.05) is 0 Å². The van der Waals surface area contributed by atoms with E-state index in [1.165, 1.54) is 27.9 Å². The number of hydrogen-bond acceptors (Lipinski definition) is 11. The van der Waals surface area contributed by atoms with Gasteiger partial charge in [0.2, 0.25) is 5.91 Å². The normalized spacial score (nSPS) is 15.5. The first kappa shape index (κ1) is 28.9. The summed E-state index contributed by atoms with van der Waals surface area (Å²) < 4.78 is 35.2. The molecule has 0 spiro atoms. The van der Waals surface area contributed by atoms with Gasteiger partial charge < -0.3 is 36.2 Å². The minimum Gasteiger partial charge on any atom is -0.458 e. The summed E-state index contributed by atoms with van der Waals surface area (Å²) in [6.07, 6.45) is 0.594. The number of pyridine rings is 3. The summed E-state index contributed by atoms with van der Waals surface area (Å²) in [6, 6.07) is 5.50. The number of carbonyl (C=O) groups excluding carboxylic acids is 2. The van der Waals surface area contributed by atoms with Gasteiger partial charge in [0.25, 0.3) is 5.56 Å². The Labute approximate surface area is 247 Å². The number of aliphatic hydroxyl groups excluding tert-OH is 1. The summed E-state index contributed by atoms with van der Waals surface area (Å²) in [5.74, 6) is 3.74. The lowest BCUT2D eigenvalue weighted by molar-refractivity contribution is -0.157. The Morgan fingerprint density at radius 1 is 1.25 bits per heavy atom. The van der Waals surface area contributed by atoms with E-state index in [4.69, 9.17) is 22.0 Å². The van der Waals surface area contributed by atoms with E-state index in [9.17, 15) is 28.3 Å². The van der Waals surface area contributed by atoms with Gasteiger partial charge in [-0.3, -0.25) is 9.59 Å². The third-order valence-corrected chi connectivity index (χ3v) is 7.61. The molecule has 8 N–H and O–H groups in total. The number of halogens is 2. The predicted octanol–water partition coefficient (Wildman–Crippen LogP) is 1.03. The van der Waals surface area contributed by atoms with E-state index in [1.54, 1.807) is 13.0 Å². The number of esters is 1. The quantitative estimate of drug-likeness (QED) is 0.105. The highest BCUT2D eigenvalue weighted by Gasteiger charge is 2.35. The van der Waals surface area contributed by atoms with Crippen molar-refractivity contribution in [2.45, 2.75) is 32.7 Å². The van der Waals surface area contributed by atoms with Gasteiger partial charge in [-0.15, -0.1) is 0 Å². The van der Waals surface area contributed by atoms with E-state index in [0.29, 0.717) is 33.5 Å². The highest BCUT2D eigenvalue weighted by molar-refractivity contribution is 5.94. The lowest BCUT2D eigenvalue weighted by Gasteiger charge is -2.21. The van der Waals surface area contributed by atoms with Crippen molar-refractivity contribution in [2.24, 2.45) is 17.3 Å². The maximum atomic E-state index is 14.7. The van der Waals surface area contributed by atoms with Gasteiger partial charge in [0, 0.05) is 34.3 Å². The van der Waals surface area contributed by atoms with Crippen LogP contribution in [0.1, 0.15) is 39.5 Å². The number of amides is 1. The second-order valence-corrected chi connectivity index (χ2v) is 10.5. The number of anilines is 1. The van der Waals surface area contributed by atoms with Gasteiger partial charge in [0.15, 0.2) is 6.10 Å². The molecule has 0 radical (unpaired) electrons. The molecule has 2 aliphatic heterocycles. The molecule has 0 bridgehead atoms. The number of nitrogens with two attached hydrogens (primary N) is 3. The second kappa shape index (κ2) is 10.8. The molecule has 6 rings (SSSR count). The summed E-state index contributed by atoms with van der Waals surface area (Å²) in [4.78, 5) is 45.9. The first-order valence-corrected chi connectivity index (χ1v) is 13.3. The van der Waals surface area contributed by atoms with Crippen LogP contribution in [0.25, 0.3) is 28.0 Å². The first-order chi connectivity index (χ1) is 21.0. The zero-order valence-corrected chi connectivity index (χ0v) is 23.2. The van der Waals surface area contributed by atoms with Crippen molar-refractivity contribution >= 4 is 34.3 Å². The molecule has 44 heavy (non-hydrogen) atoms. The van der Waals surface area contributed by atoms with E-state index < -0.39 is 35.2 Å². The SMILES string of the molecule is Cc1cc2c(CN(N)/C=C(\N)c3cc(F)cnc3NC(=O)CN)c3c(nc2cc1F)-c1cc2c(c(=O)n1C3)COC(=O)C2O. The number of benzene rings is 1. The number of nitrogens with one attached hydrogen (secondary N) is 1. The molecule has 15 heteroatoms. The number of nitrogens with zero attached hydrogens (tertiary/aromatic N) is 4. The maximum Gasteiger partial charge on any atom is 0.340 e. The summed E-state index contributed by atoms with van der Waals surface area (Å²) >= 11 is 0. The topological polar surface area (TPSA) is 205 Å². The van der Waals surface area contributed by atoms with Crippen molar-refractivity contribution in [1.82, 2.24) is 19.5 Å². The number of cyclic esters (lactones) is 1. The highest BCUT2D eigenvalue weighted by Crippen LogP contribution is 2.38. The third-order valence-electron chi connectivity index (χ3n) is 7.61. The molecule has 0 fully saturated rings. The van der Waals surface area contributed by atoms with Gasteiger partial charge in [-0.25, -0.2) is 29.4 Å². The van der Waals surface area contributed by atoms with Crippen LogP contribution in [-0.2, 0) is 34.0 Å². The van der Waals surface area contributed by atoms with Crippen LogP contribution in [-0.4, -0.2) is 43.1 Å². The molecule has 0 saturated heterocycles. The van der Waals surface area contributed by atoms with Crippen molar-refractivity contribution in [2.75, 3.05) is 11.9 Å². The molecule has 4 aromatic rings. The highest BCUT2D eigenvalue weighted by atomic mass is 19.1. The molecule has 1 amide bonds. The van der Waals surface area contributed by atoms with Crippen LogP contribution >= 0.6 is 0 Å². The van der Waals surface area contributed by atoms with Crippen LogP contribution < -0.4 is 28.2 Å². The van der Waals surface area contributed by atoms with Crippen molar-refractivity contribution in [1.29, 1.82) is 0 Å². The lowest BCUT2D eigenvalue weighted by Crippen LogP contribution is -2.32. The number of aryl methyl sites for hydroxylation is 1. The number of ether oxygens (including phenoxy) is 1. The van der Waals surface area contributed by atoms with Crippen LogP contribution in [0.4, 0.5) is 14.6 Å². The van der Waals surface area contributed by atoms with Gasteiger partial charge in [-0.05, 0) is 36.2 Å². The Kier molecular flexibility index (Phi) is 7.07. The minimum atomic E-state index is -1.63. The van der Waals surface area contributed by atoms with Crippen LogP contribution in [0.5, 0.6) is 0 Å². The lowest BCUT2D eigenvalue weighted by atomic mass is 9.97. The summed E-state index contributed by atoms with van der Waals surface area (Å²) in [6.45, 7) is 1.04. The van der Waals surface area contributed by atoms with Crippen molar-refractivity contribution in [3.8, 4) is 11.4 Å². The first-order valence-electron chi connectivity index (χ1n) is 13.3. The molecule has 0 saturated carbocycles. The number of aliphatic hydroxyl groups is 1. The Hall–Kier alpha value is -5.25. The fourth-order valence-electron chi connectivity index (χ4n) is 5.44. The molecule has 13 nitrogen and oxygen atoms in total. The number of fused-ring (bicyclic) bond motifs is 5. The maximum absolute atomic E-state index is 14.7. The zero-order valence-electron chi connectivity index (χ0n) is 23.2. The Morgan fingerprint density at radius 3 is 2.77 bits per heavy atom. The van der Waals surface area contributed by atoms with E-state index in [1.807, 2.05) is 0 Å². The number of aromatic nitrogens is 3. The molecule has 1 atom stereocenters. The zero-order chi connectivity index (χ0) is 31.4. The Bertz CT molecular complexity index is 1990. The van der Waals surface area contributed by atoms with E-state index in [2.05, 4.69) is 15.3 Å². The average molecular weight is 605 g/mol. The van der Waals surface area contributed by atoms with Crippen LogP contribution in [0, 0.1) is 18.6 Å². The molecule has 1 aromatic carbocycles. The van der Waals surface area contributed by atoms with E-state index in [-0.39, 0.29) is 60.0 Å². The Morgan fingerprint density at radius 2 is 2.02 bits per heavy atom. The standard InChI is InChI=1S/C29H26F2N8O5/c1-12-2-14-17(8-38(34)10-21(33)16-3-13(30)7-35-27(16)37-24(40)6-32)18-9-39-23(25(18)36-22(14)5-20(12)31)4-15-19(28(39)42)11-44-29(43)26(15)41/h2-5,7,10,26,41H,6,8-9,11,32-34H2,1H3,(H,35,37,40)/b21-10-. The monoisotopic (exact) mass is 604 g/mol. The summed E-state index contributed by atoms with van der Waals surface area (Å²) in [5.41, 5.74) is 14.0. The number of hydrogen-bond donors (Lipinski definition) is 5. The fraction of sp³-hybridized carbons (Fsp3) is 0.207. The van der Waals surface area contributed by atoms with Crippen LogP contribution in [0.3, 0.4) is 0 Å².